The first-order valence-corrected chi connectivity index (χ1v) is 9.17. The number of hydrogen-bond donors (Lipinski definition) is 1. The second-order valence-electron chi connectivity index (χ2n) is 6.42. The molecule has 1 saturated carbocycles. The molecule has 20 heavy (non-hydrogen) atoms. The zero-order valence-corrected chi connectivity index (χ0v) is 14.4. The highest BCUT2D eigenvalue weighted by atomic mass is 32.1. The van der Waals surface area contributed by atoms with Crippen LogP contribution in [-0.2, 0) is 6.54 Å². The summed E-state index contributed by atoms with van der Waals surface area (Å²) in [5, 5.41) is 4.88. The molecular formula is C17H30N2S. The Morgan fingerprint density at radius 2 is 1.90 bits per heavy atom. The molecular weight excluding hydrogens is 264 g/mol. The highest BCUT2D eigenvalue weighted by Crippen LogP contribution is 2.40. The minimum absolute atomic E-state index is 0.542. The minimum atomic E-state index is 0.542. The average Bonchev–Trinajstić information content (AvgIpc) is 2.89. The highest BCUT2D eigenvalue weighted by molar-refractivity contribution is 7.11. The third-order valence-corrected chi connectivity index (χ3v) is 5.83. The van der Waals surface area contributed by atoms with Gasteiger partial charge in [-0.05, 0) is 44.1 Å². The van der Waals surface area contributed by atoms with Gasteiger partial charge in [-0.2, -0.15) is 0 Å². The molecule has 1 heterocycles. The molecule has 1 fully saturated rings. The van der Waals surface area contributed by atoms with Crippen LogP contribution in [0.1, 0.15) is 87.2 Å². The Bertz CT molecular complexity index is 403. The van der Waals surface area contributed by atoms with Gasteiger partial charge in [0.2, 0.25) is 0 Å². The van der Waals surface area contributed by atoms with Crippen molar-refractivity contribution in [2.45, 2.75) is 78.2 Å². The van der Waals surface area contributed by atoms with Crippen molar-refractivity contribution in [3.05, 3.63) is 15.6 Å². The maximum absolute atomic E-state index is 5.02. The minimum Gasteiger partial charge on any atom is -0.312 e. The van der Waals surface area contributed by atoms with E-state index in [-0.39, 0.29) is 0 Å². The summed E-state index contributed by atoms with van der Waals surface area (Å²) in [7, 11) is 0. The van der Waals surface area contributed by atoms with Crippen LogP contribution in [0.2, 0.25) is 0 Å². The van der Waals surface area contributed by atoms with E-state index in [2.05, 4.69) is 33.0 Å². The van der Waals surface area contributed by atoms with Crippen LogP contribution in [0.5, 0.6) is 0 Å². The van der Waals surface area contributed by atoms with Gasteiger partial charge in [0.15, 0.2) is 0 Å². The van der Waals surface area contributed by atoms with Crippen molar-refractivity contribution >= 4 is 11.3 Å². The molecule has 0 atom stereocenters. The molecule has 0 saturated heterocycles. The van der Waals surface area contributed by atoms with Gasteiger partial charge in [0.1, 0.15) is 0 Å². The van der Waals surface area contributed by atoms with E-state index in [1.165, 1.54) is 47.7 Å². The molecule has 0 aromatic carbocycles. The molecule has 1 aliphatic rings. The number of rotatable bonds is 6. The van der Waals surface area contributed by atoms with Gasteiger partial charge in [-0.15, -0.1) is 11.3 Å². The van der Waals surface area contributed by atoms with E-state index in [1.807, 2.05) is 11.3 Å². The van der Waals surface area contributed by atoms with E-state index in [9.17, 15) is 0 Å². The SMILES string of the molecule is CCNCc1sc(C2CCC(CC)CC2)nc1C(C)C. The second kappa shape index (κ2) is 7.56. The summed E-state index contributed by atoms with van der Waals surface area (Å²) in [6.45, 7) is 11.1. The third kappa shape index (κ3) is 3.82. The van der Waals surface area contributed by atoms with Crippen LogP contribution >= 0.6 is 11.3 Å². The van der Waals surface area contributed by atoms with Crippen molar-refractivity contribution in [3.63, 3.8) is 0 Å². The van der Waals surface area contributed by atoms with Gasteiger partial charge in [0.05, 0.1) is 10.7 Å². The smallest absolute Gasteiger partial charge is 0.0962 e. The van der Waals surface area contributed by atoms with E-state index in [1.54, 1.807) is 0 Å². The Morgan fingerprint density at radius 1 is 1.20 bits per heavy atom. The van der Waals surface area contributed by atoms with Crippen LogP contribution in [-0.4, -0.2) is 11.5 Å². The van der Waals surface area contributed by atoms with E-state index >= 15 is 0 Å². The molecule has 2 nitrogen and oxygen atoms in total. The second-order valence-corrected chi connectivity index (χ2v) is 7.54. The fourth-order valence-corrected chi connectivity index (χ4v) is 4.55. The van der Waals surface area contributed by atoms with Crippen LogP contribution < -0.4 is 5.32 Å². The quantitative estimate of drug-likeness (QED) is 0.793. The van der Waals surface area contributed by atoms with Gasteiger partial charge in [0, 0.05) is 17.3 Å². The van der Waals surface area contributed by atoms with Gasteiger partial charge in [0.25, 0.3) is 0 Å². The molecule has 0 unspecified atom stereocenters. The van der Waals surface area contributed by atoms with Crippen LogP contribution in [0.25, 0.3) is 0 Å². The topological polar surface area (TPSA) is 24.9 Å². The predicted octanol–water partition coefficient (Wildman–Crippen LogP) is 5.06. The lowest BCUT2D eigenvalue weighted by molar-refractivity contribution is 0.318. The lowest BCUT2D eigenvalue weighted by Crippen LogP contribution is -2.12. The number of thiazole rings is 1. The first kappa shape index (κ1) is 16.0. The Labute approximate surface area is 128 Å². The zero-order chi connectivity index (χ0) is 14.5. The van der Waals surface area contributed by atoms with Crippen LogP contribution in [0.15, 0.2) is 0 Å². The summed E-state index contributed by atoms with van der Waals surface area (Å²) in [5.41, 5.74) is 1.34. The molecule has 1 aromatic heterocycles. The number of nitrogens with one attached hydrogen (secondary N) is 1. The Kier molecular flexibility index (Phi) is 6.03. The summed E-state index contributed by atoms with van der Waals surface area (Å²) in [4.78, 5) is 6.48. The lowest BCUT2D eigenvalue weighted by atomic mass is 9.81. The Balaban J connectivity index is 2.08. The summed E-state index contributed by atoms with van der Waals surface area (Å²) >= 11 is 1.97. The first-order chi connectivity index (χ1) is 9.65. The Morgan fingerprint density at radius 3 is 2.45 bits per heavy atom. The van der Waals surface area contributed by atoms with Crippen LogP contribution in [0.4, 0.5) is 0 Å². The summed E-state index contributed by atoms with van der Waals surface area (Å²) in [5.74, 6) is 2.24. The first-order valence-electron chi connectivity index (χ1n) is 8.35. The molecule has 2 rings (SSSR count). The van der Waals surface area contributed by atoms with Gasteiger partial charge in [-0.3, -0.25) is 0 Å². The number of nitrogens with zero attached hydrogens (tertiary/aromatic N) is 1. The molecule has 3 heteroatoms. The summed E-state index contributed by atoms with van der Waals surface area (Å²) < 4.78 is 0. The summed E-state index contributed by atoms with van der Waals surface area (Å²) in [6, 6.07) is 0. The number of hydrogen-bond acceptors (Lipinski definition) is 3. The van der Waals surface area contributed by atoms with Gasteiger partial charge in [-0.1, -0.05) is 34.1 Å². The highest BCUT2D eigenvalue weighted by Gasteiger charge is 2.25. The third-order valence-electron chi connectivity index (χ3n) is 4.60. The molecule has 114 valence electrons. The van der Waals surface area contributed by atoms with E-state index < -0.39 is 0 Å². The standard InChI is InChI=1S/C17H30N2S/c1-5-13-7-9-14(10-8-13)17-19-16(12(3)4)15(20-17)11-18-6-2/h12-14,18H,5-11H2,1-4H3. The molecule has 0 radical (unpaired) electrons. The number of aromatic nitrogens is 1. The maximum Gasteiger partial charge on any atom is 0.0962 e. The monoisotopic (exact) mass is 294 g/mol. The molecule has 1 N–H and O–H groups in total. The van der Waals surface area contributed by atoms with Crippen molar-refractivity contribution in [1.29, 1.82) is 0 Å². The van der Waals surface area contributed by atoms with E-state index in [4.69, 9.17) is 4.98 Å². The van der Waals surface area contributed by atoms with Crippen molar-refractivity contribution in [2.75, 3.05) is 6.54 Å². The fraction of sp³-hybridized carbons (Fsp3) is 0.824. The van der Waals surface area contributed by atoms with Gasteiger partial charge < -0.3 is 5.32 Å². The normalized spacial score (nSPS) is 23.4. The molecule has 0 amide bonds. The van der Waals surface area contributed by atoms with Crippen LogP contribution in [0, 0.1) is 5.92 Å². The van der Waals surface area contributed by atoms with Gasteiger partial charge >= 0.3 is 0 Å². The summed E-state index contributed by atoms with van der Waals surface area (Å²) in [6.07, 6.45) is 6.86. The molecule has 1 aliphatic carbocycles. The molecule has 0 spiro atoms. The van der Waals surface area contributed by atoms with Crippen molar-refractivity contribution in [2.24, 2.45) is 5.92 Å². The van der Waals surface area contributed by atoms with E-state index in [0.717, 1.165) is 24.9 Å². The fourth-order valence-electron chi connectivity index (χ4n) is 3.19. The van der Waals surface area contributed by atoms with Crippen LogP contribution in [0.3, 0.4) is 0 Å². The molecule has 0 bridgehead atoms. The maximum atomic E-state index is 5.02. The van der Waals surface area contributed by atoms with Gasteiger partial charge in [-0.25, -0.2) is 4.98 Å². The molecule has 1 aromatic rings. The van der Waals surface area contributed by atoms with Crippen molar-refractivity contribution in [1.82, 2.24) is 10.3 Å². The van der Waals surface area contributed by atoms with Crippen molar-refractivity contribution in [3.8, 4) is 0 Å². The largest absolute Gasteiger partial charge is 0.312 e. The average molecular weight is 295 g/mol. The predicted molar refractivity (Wildman–Crippen MR) is 88.6 cm³/mol. The Hall–Kier alpha value is -0.410. The zero-order valence-electron chi connectivity index (χ0n) is 13.5. The molecule has 0 aliphatic heterocycles. The van der Waals surface area contributed by atoms with E-state index in [0.29, 0.717) is 5.92 Å². The lowest BCUT2D eigenvalue weighted by Gasteiger charge is -2.26. The van der Waals surface area contributed by atoms with Crippen molar-refractivity contribution < 1.29 is 0 Å².